The summed E-state index contributed by atoms with van der Waals surface area (Å²) in [7, 11) is -2.14. The fourth-order valence-corrected chi connectivity index (χ4v) is 3.79. The molecule has 1 aromatic carbocycles. The summed E-state index contributed by atoms with van der Waals surface area (Å²) < 4.78 is 26.7. The van der Waals surface area contributed by atoms with Gasteiger partial charge in [0.1, 0.15) is 4.90 Å². The second-order valence-corrected chi connectivity index (χ2v) is 6.94. The Morgan fingerprint density at radius 2 is 2.00 bits per heavy atom. The molecule has 0 fully saturated rings. The van der Waals surface area contributed by atoms with E-state index in [0.29, 0.717) is 13.1 Å². The van der Waals surface area contributed by atoms with Crippen LogP contribution >= 0.6 is 0 Å². The maximum absolute atomic E-state index is 12.7. The minimum Gasteiger partial charge on any atom is -0.387 e. The summed E-state index contributed by atoms with van der Waals surface area (Å²) >= 11 is 0. The van der Waals surface area contributed by atoms with Crippen molar-refractivity contribution >= 4 is 21.4 Å². The van der Waals surface area contributed by atoms with E-state index < -0.39 is 14.9 Å². The highest BCUT2D eigenvalue weighted by molar-refractivity contribution is 7.89. The van der Waals surface area contributed by atoms with E-state index in [0.717, 1.165) is 0 Å². The minimum absolute atomic E-state index is 0.0538. The van der Waals surface area contributed by atoms with Crippen molar-refractivity contribution in [3.05, 3.63) is 28.3 Å². The topological polar surface area (TPSA) is 92.5 Å². The fourth-order valence-electron chi connectivity index (χ4n) is 2.00. The van der Waals surface area contributed by atoms with Crippen molar-refractivity contribution in [1.29, 1.82) is 0 Å². The number of anilines is 1. The Kier molecular flexibility index (Phi) is 5.68. The first kappa shape index (κ1) is 17.4. The highest BCUT2D eigenvalue weighted by atomic mass is 32.2. The predicted octanol–water partition coefficient (Wildman–Crippen LogP) is 2.30. The van der Waals surface area contributed by atoms with E-state index in [9.17, 15) is 18.5 Å². The van der Waals surface area contributed by atoms with Gasteiger partial charge in [-0.15, -0.1) is 0 Å². The summed E-state index contributed by atoms with van der Waals surface area (Å²) in [5.74, 6) is 0.191. The summed E-state index contributed by atoms with van der Waals surface area (Å²) in [5.41, 5.74) is 0.0802. The summed E-state index contributed by atoms with van der Waals surface area (Å²) in [4.78, 5) is 10.3. The van der Waals surface area contributed by atoms with Crippen LogP contribution in [0.3, 0.4) is 0 Å². The number of rotatable bonds is 7. The van der Waals surface area contributed by atoms with Gasteiger partial charge in [-0.2, -0.15) is 4.31 Å². The first-order valence-electron chi connectivity index (χ1n) is 6.70. The van der Waals surface area contributed by atoms with E-state index in [4.69, 9.17) is 0 Å². The molecule has 21 heavy (non-hydrogen) atoms. The molecule has 0 aliphatic rings. The van der Waals surface area contributed by atoms with E-state index in [1.165, 1.54) is 29.6 Å². The van der Waals surface area contributed by atoms with Gasteiger partial charge in [0.05, 0.1) is 10.6 Å². The average Bonchev–Trinajstić information content (AvgIpc) is 2.43. The van der Waals surface area contributed by atoms with Gasteiger partial charge >= 0.3 is 0 Å². The van der Waals surface area contributed by atoms with Crippen molar-refractivity contribution in [3.63, 3.8) is 0 Å². The fraction of sp³-hybridized carbons (Fsp3) is 0.538. The molecule has 0 radical (unpaired) electrons. The number of nitrogens with zero attached hydrogens (tertiary/aromatic N) is 2. The Morgan fingerprint density at radius 3 is 2.43 bits per heavy atom. The van der Waals surface area contributed by atoms with Crippen molar-refractivity contribution < 1.29 is 13.3 Å². The van der Waals surface area contributed by atoms with Gasteiger partial charge in [-0.3, -0.25) is 10.1 Å². The van der Waals surface area contributed by atoms with Gasteiger partial charge in [0.2, 0.25) is 10.0 Å². The molecule has 0 unspecified atom stereocenters. The highest BCUT2D eigenvalue weighted by Crippen LogP contribution is 2.28. The molecule has 1 N–H and O–H groups in total. The van der Waals surface area contributed by atoms with Crippen molar-refractivity contribution in [2.75, 3.05) is 25.5 Å². The maximum Gasteiger partial charge on any atom is 0.271 e. The van der Waals surface area contributed by atoms with Crippen molar-refractivity contribution in [2.45, 2.75) is 25.7 Å². The maximum atomic E-state index is 12.7. The molecular weight excluding hydrogens is 294 g/mol. The van der Waals surface area contributed by atoms with Crippen LogP contribution in [-0.4, -0.2) is 37.8 Å². The first-order valence-corrected chi connectivity index (χ1v) is 8.14. The molecule has 1 rings (SSSR count). The van der Waals surface area contributed by atoms with Crippen LogP contribution in [0, 0.1) is 16.0 Å². The second kappa shape index (κ2) is 6.86. The third-order valence-corrected chi connectivity index (χ3v) is 4.98. The zero-order valence-corrected chi connectivity index (χ0v) is 13.5. The molecule has 0 saturated heterocycles. The van der Waals surface area contributed by atoms with Crippen molar-refractivity contribution in [1.82, 2.24) is 4.31 Å². The molecule has 0 heterocycles. The smallest absolute Gasteiger partial charge is 0.271 e. The number of non-ortho nitro benzene ring substituents is 1. The van der Waals surface area contributed by atoms with Crippen molar-refractivity contribution in [2.24, 2.45) is 5.92 Å². The van der Waals surface area contributed by atoms with Gasteiger partial charge < -0.3 is 5.32 Å². The monoisotopic (exact) mass is 315 g/mol. The van der Waals surface area contributed by atoms with Crippen molar-refractivity contribution in [3.8, 4) is 0 Å². The summed E-state index contributed by atoms with van der Waals surface area (Å²) in [6.45, 7) is 6.39. The van der Waals surface area contributed by atoms with E-state index >= 15 is 0 Å². The van der Waals surface area contributed by atoms with Crippen LogP contribution in [0.25, 0.3) is 0 Å². The Bertz CT molecular complexity index is 614. The van der Waals surface area contributed by atoms with Crippen LogP contribution in [0.2, 0.25) is 0 Å². The Morgan fingerprint density at radius 1 is 1.38 bits per heavy atom. The van der Waals surface area contributed by atoms with Crippen LogP contribution in [0.4, 0.5) is 11.4 Å². The Hall–Kier alpha value is -1.67. The molecule has 0 spiro atoms. The largest absolute Gasteiger partial charge is 0.387 e. The molecule has 0 aromatic heterocycles. The Balaban J connectivity index is 3.33. The Labute approximate surface area is 125 Å². The number of benzene rings is 1. The minimum atomic E-state index is -3.68. The SMILES string of the molecule is CCN(CC(C)C)S(=O)(=O)c1ccc([N+](=O)[O-])cc1NC. The van der Waals surface area contributed by atoms with Crippen LogP contribution in [0.5, 0.6) is 0 Å². The number of nitrogens with one attached hydrogen (secondary N) is 1. The molecule has 0 saturated carbocycles. The van der Waals surface area contributed by atoms with E-state index in [2.05, 4.69) is 5.32 Å². The number of sulfonamides is 1. The van der Waals surface area contributed by atoms with Gasteiger partial charge in [0, 0.05) is 32.3 Å². The van der Waals surface area contributed by atoms with Gasteiger partial charge in [-0.05, 0) is 12.0 Å². The number of nitro benzene ring substituents is 1. The highest BCUT2D eigenvalue weighted by Gasteiger charge is 2.27. The zero-order valence-electron chi connectivity index (χ0n) is 12.7. The quantitative estimate of drug-likeness (QED) is 0.615. The average molecular weight is 315 g/mol. The van der Waals surface area contributed by atoms with Gasteiger partial charge in [-0.1, -0.05) is 20.8 Å². The van der Waals surface area contributed by atoms with Crippen LogP contribution in [0.15, 0.2) is 23.1 Å². The van der Waals surface area contributed by atoms with E-state index in [1.54, 1.807) is 6.92 Å². The number of hydrogen-bond acceptors (Lipinski definition) is 5. The number of nitro groups is 1. The summed E-state index contributed by atoms with van der Waals surface area (Å²) in [5, 5.41) is 13.5. The van der Waals surface area contributed by atoms with Crippen LogP contribution < -0.4 is 5.32 Å². The lowest BCUT2D eigenvalue weighted by molar-refractivity contribution is -0.384. The lowest BCUT2D eigenvalue weighted by atomic mass is 10.2. The number of hydrogen-bond donors (Lipinski definition) is 1. The summed E-state index contributed by atoms with van der Waals surface area (Å²) in [6, 6.07) is 3.72. The molecular formula is C13H21N3O4S. The molecule has 0 bridgehead atoms. The predicted molar refractivity (Wildman–Crippen MR) is 81.9 cm³/mol. The van der Waals surface area contributed by atoms with Gasteiger partial charge in [0.15, 0.2) is 0 Å². The van der Waals surface area contributed by atoms with Crippen LogP contribution in [-0.2, 0) is 10.0 Å². The first-order chi connectivity index (χ1) is 9.73. The second-order valence-electron chi connectivity index (χ2n) is 5.04. The molecule has 118 valence electrons. The molecule has 0 aliphatic carbocycles. The molecule has 1 aromatic rings. The summed E-state index contributed by atoms with van der Waals surface area (Å²) in [6.07, 6.45) is 0. The van der Waals surface area contributed by atoms with E-state index in [-0.39, 0.29) is 22.2 Å². The molecule has 0 aliphatic heterocycles. The normalized spacial score (nSPS) is 11.9. The van der Waals surface area contributed by atoms with E-state index in [1.807, 2.05) is 13.8 Å². The standard InChI is InChI=1S/C13H21N3O4S/c1-5-15(9-10(2)3)21(19,20)13-7-6-11(16(17)18)8-12(13)14-4/h6-8,10,14H,5,9H2,1-4H3. The molecule has 0 amide bonds. The van der Waals surface area contributed by atoms with Crippen LogP contribution in [0.1, 0.15) is 20.8 Å². The van der Waals surface area contributed by atoms with Gasteiger partial charge in [-0.25, -0.2) is 8.42 Å². The third kappa shape index (κ3) is 3.92. The molecule has 0 atom stereocenters. The zero-order chi connectivity index (χ0) is 16.2. The molecule has 8 heteroatoms. The van der Waals surface area contributed by atoms with Gasteiger partial charge in [0.25, 0.3) is 5.69 Å². The third-order valence-electron chi connectivity index (χ3n) is 2.98. The molecule has 7 nitrogen and oxygen atoms in total. The lowest BCUT2D eigenvalue weighted by Crippen LogP contribution is -2.34. The lowest BCUT2D eigenvalue weighted by Gasteiger charge is -2.23.